The summed E-state index contributed by atoms with van der Waals surface area (Å²) in [5.41, 5.74) is 0. The van der Waals surface area contributed by atoms with Gasteiger partial charge in [0.25, 0.3) is 0 Å². The molecule has 0 spiro atoms. The van der Waals surface area contributed by atoms with Crippen LogP contribution in [0.25, 0.3) is 0 Å². The number of nitrogens with zero attached hydrogens (tertiary/aromatic N) is 1. The monoisotopic (exact) mass is 159 g/mol. The van der Waals surface area contributed by atoms with E-state index in [1.165, 1.54) is 0 Å². The number of carbonyl (C=O) groups is 1. The van der Waals surface area contributed by atoms with Gasteiger partial charge in [0.1, 0.15) is 6.04 Å². The van der Waals surface area contributed by atoms with Gasteiger partial charge in [-0.25, -0.2) is 0 Å². The van der Waals surface area contributed by atoms with E-state index in [1.807, 2.05) is 0 Å². The van der Waals surface area contributed by atoms with E-state index in [-0.39, 0.29) is 43.8 Å². The normalized spacial score (nSPS) is 12.4. The Labute approximate surface area is 85.0 Å². The van der Waals surface area contributed by atoms with Crippen LogP contribution in [0.2, 0.25) is 0 Å². The zero-order valence-electron chi connectivity index (χ0n) is 5.38. The van der Waals surface area contributed by atoms with E-state index in [9.17, 15) is 4.79 Å². The Kier molecular flexibility index (Phi) is 7.52. The molecule has 0 aliphatic heterocycles. The quantitative estimate of drug-likeness (QED) is 0.531. The van der Waals surface area contributed by atoms with Gasteiger partial charge in [-0.1, -0.05) is 0 Å². The molecular weight excluding hydrogens is 146 g/mol. The maximum absolute atomic E-state index is 10.1. The van der Waals surface area contributed by atoms with Gasteiger partial charge in [0.15, 0.2) is 0 Å². The van der Waals surface area contributed by atoms with Gasteiger partial charge >= 0.3 is 43.7 Å². The van der Waals surface area contributed by atoms with Gasteiger partial charge in [-0.05, 0) is 21.0 Å². The second kappa shape index (κ2) is 5.47. The van der Waals surface area contributed by atoms with E-state index in [4.69, 9.17) is 5.11 Å². The third kappa shape index (κ3) is 5.15. The van der Waals surface area contributed by atoms with Crippen molar-refractivity contribution in [2.24, 2.45) is 0 Å². The van der Waals surface area contributed by atoms with Crippen LogP contribution in [0.3, 0.4) is 0 Å². The molecule has 0 amide bonds. The Hall–Kier alpha value is 0.690. The molecule has 0 saturated heterocycles. The van der Waals surface area contributed by atoms with Crippen molar-refractivity contribution in [3.8, 4) is 0 Å². The molecule has 52 valence electrons. The summed E-state index contributed by atoms with van der Waals surface area (Å²) < 4.78 is 0. The van der Waals surface area contributed by atoms with Crippen LogP contribution >= 0.6 is 0 Å². The van der Waals surface area contributed by atoms with E-state index in [2.05, 4.69) is 0 Å². The summed E-state index contributed by atoms with van der Waals surface area (Å²) in [6.07, 6.45) is 0. The molecule has 1 atom stereocenters. The Morgan fingerprint density at radius 1 is 1.56 bits per heavy atom. The third-order valence-electron chi connectivity index (χ3n) is 1.13. The van der Waals surface area contributed by atoms with Crippen molar-refractivity contribution in [2.75, 3.05) is 14.1 Å². The first-order valence-corrected chi connectivity index (χ1v) is 2.45. The first-order chi connectivity index (χ1) is 3.55. The summed E-state index contributed by atoms with van der Waals surface area (Å²) in [5.74, 6) is -0.782. The number of likely N-dealkylation sites (N-methyl/N-ethyl adjacent to an activating group) is 1. The number of aliphatic carboxylic acids is 1. The minimum absolute atomic E-state index is 0. The topological polar surface area (TPSA) is 40.5 Å². The van der Waals surface area contributed by atoms with Gasteiger partial charge < -0.3 is 5.11 Å². The predicted molar refractivity (Wildman–Crippen MR) is 39.3 cm³/mol. The fraction of sp³-hybridized carbons (Fsp3) is 0.800. The Morgan fingerprint density at radius 2 is 1.89 bits per heavy atom. The van der Waals surface area contributed by atoms with Crippen molar-refractivity contribution in [1.82, 2.24) is 4.90 Å². The average Bonchev–Trinajstić information content (AvgIpc) is 1.64. The van der Waals surface area contributed by atoms with Crippen molar-refractivity contribution in [1.29, 1.82) is 0 Å². The summed E-state index contributed by atoms with van der Waals surface area (Å²) in [4.78, 5) is 11.7. The summed E-state index contributed by atoms with van der Waals surface area (Å²) in [6.45, 7) is 1.64. The van der Waals surface area contributed by atoms with Gasteiger partial charge in [0, 0.05) is 0 Å². The zero-order valence-corrected chi connectivity index (χ0v) is 5.38. The summed E-state index contributed by atoms with van der Waals surface area (Å²) in [6, 6.07) is -0.380. The Morgan fingerprint density at radius 3 is 1.89 bits per heavy atom. The molecule has 0 saturated carbocycles. The number of carboxylic acids is 1. The van der Waals surface area contributed by atoms with Crippen LogP contribution in [0.15, 0.2) is 0 Å². The fourth-order valence-electron chi connectivity index (χ4n) is 0.221. The van der Waals surface area contributed by atoms with Gasteiger partial charge in [-0.3, -0.25) is 9.69 Å². The molecule has 0 heterocycles. The van der Waals surface area contributed by atoms with E-state index in [1.54, 1.807) is 25.9 Å². The fourth-order valence-corrected chi connectivity index (χ4v) is 0.221. The van der Waals surface area contributed by atoms with E-state index in [0.29, 0.717) is 0 Å². The second-order valence-electron chi connectivity index (χ2n) is 1.98. The van der Waals surface area contributed by atoms with Crippen molar-refractivity contribution in [2.45, 2.75) is 13.0 Å². The van der Waals surface area contributed by atoms with Crippen LogP contribution in [-0.4, -0.2) is 73.9 Å². The molecule has 3 nitrogen and oxygen atoms in total. The van der Waals surface area contributed by atoms with Crippen molar-refractivity contribution in [3.05, 3.63) is 0 Å². The van der Waals surface area contributed by atoms with Gasteiger partial charge in [-0.15, -0.1) is 0 Å². The van der Waals surface area contributed by atoms with Crippen LogP contribution in [0.5, 0.6) is 0 Å². The summed E-state index contributed by atoms with van der Waals surface area (Å²) in [7, 11) is 3.47. The van der Waals surface area contributed by atoms with E-state index < -0.39 is 5.97 Å². The SMILES string of the molecule is CC(C(=O)O)N(C)C.[CaH2]. The minimum atomic E-state index is -0.782. The van der Waals surface area contributed by atoms with Gasteiger partial charge in [0.2, 0.25) is 0 Å². The number of hydrogen-bond acceptors (Lipinski definition) is 2. The molecular formula is C5H13CaNO2. The first-order valence-electron chi connectivity index (χ1n) is 2.45. The van der Waals surface area contributed by atoms with E-state index in [0.717, 1.165) is 0 Å². The van der Waals surface area contributed by atoms with Crippen LogP contribution < -0.4 is 0 Å². The number of rotatable bonds is 2. The van der Waals surface area contributed by atoms with Crippen molar-refractivity contribution >= 4 is 43.7 Å². The maximum atomic E-state index is 10.1. The Bertz CT molecular complexity index is 95.0. The summed E-state index contributed by atoms with van der Waals surface area (Å²) in [5, 5.41) is 8.31. The molecule has 4 heteroatoms. The molecule has 0 aromatic heterocycles. The van der Waals surface area contributed by atoms with Gasteiger partial charge in [0.05, 0.1) is 0 Å². The predicted octanol–water partition coefficient (Wildman–Crippen LogP) is -0.895. The standard InChI is InChI=1S/C5H11NO2.Ca.2H/c1-4(5(7)8)6(2)3;;;/h4H,1-3H3,(H,7,8);;;. The average molecular weight is 159 g/mol. The molecule has 0 rings (SSSR count). The van der Waals surface area contributed by atoms with Gasteiger partial charge in [-0.2, -0.15) is 0 Å². The molecule has 9 heavy (non-hydrogen) atoms. The molecule has 0 aliphatic carbocycles. The molecule has 0 aromatic carbocycles. The van der Waals surface area contributed by atoms with Crippen molar-refractivity contribution in [3.63, 3.8) is 0 Å². The Balaban J connectivity index is 0. The second-order valence-corrected chi connectivity index (χ2v) is 1.98. The molecule has 0 aliphatic rings. The number of hydrogen-bond donors (Lipinski definition) is 1. The molecule has 0 radical (unpaired) electrons. The first kappa shape index (κ1) is 12.4. The molecule has 0 aromatic rings. The van der Waals surface area contributed by atoms with Crippen LogP contribution in [0.4, 0.5) is 0 Å². The molecule has 1 unspecified atom stereocenters. The molecule has 0 fully saturated rings. The third-order valence-corrected chi connectivity index (χ3v) is 1.13. The number of carboxylic acid groups (broad SMARTS) is 1. The molecule has 1 N–H and O–H groups in total. The van der Waals surface area contributed by atoms with Crippen LogP contribution in [0.1, 0.15) is 6.92 Å². The van der Waals surface area contributed by atoms with Crippen LogP contribution in [0, 0.1) is 0 Å². The van der Waals surface area contributed by atoms with E-state index >= 15 is 0 Å². The summed E-state index contributed by atoms with van der Waals surface area (Å²) >= 11 is 0. The van der Waals surface area contributed by atoms with Crippen molar-refractivity contribution < 1.29 is 9.90 Å². The molecule has 0 bridgehead atoms. The van der Waals surface area contributed by atoms with Crippen LogP contribution in [-0.2, 0) is 4.79 Å². The zero-order chi connectivity index (χ0) is 6.73.